The van der Waals surface area contributed by atoms with Crippen molar-refractivity contribution in [2.24, 2.45) is 0 Å². The Morgan fingerprint density at radius 2 is 1.66 bits per heavy atom. The molecule has 2 aliphatic rings. The van der Waals surface area contributed by atoms with Gasteiger partial charge in [0, 0.05) is 49.2 Å². The van der Waals surface area contributed by atoms with Crippen LogP contribution in [0.3, 0.4) is 0 Å². The predicted octanol–water partition coefficient (Wildman–Crippen LogP) is 3.03. The zero-order valence-corrected chi connectivity index (χ0v) is 19.5. The van der Waals surface area contributed by atoms with Gasteiger partial charge in [0.15, 0.2) is 17.3 Å². The van der Waals surface area contributed by atoms with E-state index in [4.69, 9.17) is 9.47 Å². The standard InChI is InChI=1S/C25H33N3O4/c1-17-13-21(18(2)28(17)20-6-7-20)22(29)16-26-9-11-27(12-10-26)25(30)15-19-5-8-23(31-3)24(14-19)32-4/h5,8,13-14,20H,6-7,9-12,15-16H2,1-4H3. The fraction of sp³-hybridized carbons (Fsp3) is 0.520. The van der Waals surface area contributed by atoms with Crippen LogP contribution in [-0.4, -0.2) is 73.0 Å². The molecule has 32 heavy (non-hydrogen) atoms. The van der Waals surface area contributed by atoms with Crippen LogP contribution in [0, 0.1) is 13.8 Å². The number of ketones is 1. The highest BCUT2D eigenvalue weighted by molar-refractivity contribution is 5.99. The van der Waals surface area contributed by atoms with Crippen molar-refractivity contribution >= 4 is 11.7 Å². The van der Waals surface area contributed by atoms with Crippen LogP contribution in [0.5, 0.6) is 11.5 Å². The van der Waals surface area contributed by atoms with Crippen LogP contribution >= 0.6 is 0 Å². The minimum absolute atomic E-state index is 0.0937. The summed E-state index contributed by atoms with van der Waals surface area (Å²) >= 11 is 0. The lowest BCUT2D eigenvalue weighted by atomic mass is 10.1. The van der Waals surface area contributed by atoms with E-state index in [1.165, 1.54) is 18.5 Å². The van der Waals surface area contributed by atoms with Crippen molar-refractivity contribution in [1.82, 2.24) is 14.4 Å². The van der Waals surface area contributed by atoms with E-state index in [0.29, 0.717) is 56.7 Å². The molecule has 0 atom stereocenters. The fourth-order valence-corrected chi connectivity index (χ4v) is 4.67. The highest BCUT2D eigenvalue weighted by Crippen LogP contribution is 2.38. The van der Waals surface area contributed by atoms with E-state index >= 15 is 0 Å². The maximum atomic E-state index is 13.0. The average molecular weight is 440 g/mol. The first-order valence-electron chi connectivity index (χ1n) is 11.3. The Labute approximate surface area is 189 Å². The molecular formula is C25H33N3O4. The van der Waals surface area contributed by atoms with Gasteiger partial charge in [0.25, 0.3) is 0 Å². The Morgan fingerprint density at radius 1 is 0.969 bits per heavy atom. The molecule has 7 nitrogen and oxygen atoms in total. The first kappa shape index (κ1) is 22.4. The predicted molar refractivity (Wildman–Crippen MR) is 123 cm³/mol. The van der Waals surface area contributed by atoms with Gasteiger partial charge in [0.05, 0.1) is 27.2 Å². The van der Waals surface area contributed by atoms with E-state index in [1.807, 2.05) is 29.2 Å². The fourth-order valence-electron chi connectivity index (χ4n) is 4.67. The number of benzene rings is 1. The van der Waals surface area contributed by atoms with Crippen molar-refractivity contribution in [2.75, 3.05) is 46.9 Å². The number of rotatable bonds is 8. The molecule has 1 aromatic heterocycles. The molecule has 0 N–H and O–H groups in total. The quantitative estimate of drug-likeness (QED) is 0.592. The SMILES string of the molecule is COc1ccc(CC(=O)N2CCN(CC(=O)c3cc(C)n(C4CC4)c3C)CC2)cc1OC. The molecule has 2 heterocycles. The van der Waals surface area contributed by atoms with Gasteiger partial charge in [-0.05, 0) is 50.5 Å². The van der Waals surface area contributed by atoms with Crippen LogP contribution in [0.25, 0.3) is 0 Å². The Morgan fingerprint density at radius 3 is 2.28 bits per heavy atom. The lowest BCUT2D eigenvalue weighted by molar-refractivity contribution is -0.132. The van der Waals surface area contributed by atoms with Crippen LogP contribution < -0.4 is 9.47 Å². The molecule has 7 heteroatoms. The number of ether oxygens (including phenoxy) is 2. The minimum atomic E-state index is 0.0937. The van der Waals surface area contributed by atoms with Crippen molar-refractivity contribution < 1.29 is 19.1 Å². The molecule has 172 valence electrons. The number of Topliss-reactive ketones (excluding diaryl/α,β-unsaturated/α-hetero) is 1. The Bertz CT molecular complexity index is 1000. The summed E-state index contributed by atoms with van der Waals surface area (Å²) in [5.41, 5.74) is 4.02. The molecule has 1 aliphatic carbocycles. The first-order chi connectivity index (χ1) is 15.4. The number of methoxy groups -OCH3 is 2. The number of aryl methyl sites for hydroxylation is 1. The molecule has 0 unspecified atom stereocenters. The van der Waals surface area contributed by atoms with Gasteiger partial charge in [0.2, 0.25) is 5.91 Å². The van der Waals surface area contributed by atoms with Gasteiger partial charge in [-0.25, -0.2) is 0 Å². The third-order valence-electron chi connectivity index (χ3n) is 6.59. The molecule has 0 radical (unpaired) electrons. The first-order valence-corrected chi connectivity index (χ1v) is 11.3. The van der Waals surface area contributed by atoms with Gasteiger partial charge in [-0.3, -0.25) is 14.5 Å². The topological polar surface area (TPSA) is 64.0 Å². The number of amides is 1. The van der Waals surface area contributed by atoms with Gasteiger partial charge < -0.3 is 18.9 Å². The van der Waals surface area contributed by atoms with E-state index in [-0.39, 0.29) is 11.7 Å². The maximum Gasteiger partial charge on any atom is 0.227 e. The van der Waals surface area contributed by atoms with Crippen LogP contribution in [0.4, 0.5) is 0 Å². The summed E-state index contributed by atoms with van der Waals surface area (Å²) < 4.78 is 12.9. The number of nitrogens with zero attached hydrogens (tertiary/aromatic N) is 3. The van der Waals surface area contributed by atoms with E-state index in [1.54, 1.807) is 14.2 Å². The second-order valence-corrected chi connectivity index (χ2v) is 8.83. The van der Waals surface area contributed by atoms with Crippen LogP contribution in [0.2, 0.25) is 0 Å². The van der Waals surface area contributed by atoms with Crippen LogP contribution in [-0.2, 0) is 11.2 Å². The molecule has 1 saturated carbocycles. The highest BCUT2D eigenvalue weighted by Gasteiger charge is 2.29. The number of carbonyl (C=O) groups excluding carboxylic acids is 2. The summed E-state index contributed by atoms with van der Waals surface area (Å²) in [6.45, 7) is 7.26. The Hall–Kier alpha value is -2.80. The highest BCUT2D eigenvalue weighted by atomic mass is 16.5. The zero-order chi connectivity index (χ0) is 22.8. The van der Waals surface area contributed by atoms with Crippen molar-refractivity contribution in [2.45, 2.75) is 39.2 Å². The molecule has 1 aromatic carbocycles. The molecular weight excluding hydrogens is 406 g/mol. The summed E-state index contributed by atoms with van der Waals surface area (Å²) in [6, 6.07) is 8.19. The van der Waals surface area contributed by atoms with Crippen LogP contribution in [0.15, 0.2) is 24.3 Å². The molecule has 2 aromatic rings. The zero-order valence-electron chi connectivity index (χ0n) is 19.5. The van der Waals surface area contributed by atoms with Crippen molar-refractivity contribution in [3.8, 4) is 11.5 Å². The molecule has 2 fully saturated rings. The molecule has 4 rings (SSSR count). The normalized spacial score (nSPS) is 16.8. The second kappa shape index (κ2) is 9.36. The van der Waals surface area contributed by atoms with E-state index in [2.05, 4.69) is 23.3 Å². The van der Waals surface area contributed by atoms with Crippen molar-refractivity contribution in [3.63, 3.8) is 0 Å². The van der Waals surface area contributed by atoms with E-state index in [0.717, 1.165) is 16.8 Å². The maximum absolute atomic E-state index is 13.0. The summed E-state index contributed by atoms with van der Waals surface area (Å²) in [6.07, 6.45) is 2.75. The van der Waals surface area contributed by atoms with Gasteiger partial charge in [-0.2, -0.15) is 0 Å². The van der Waals surface area contributed by atoms with Gasteiger partial charge in [0.1, 0.15) is 0 Å². The van der Waals surface area contributed by atoms with Crippen molar-refractivity contribution in [1.29, 1.82) is 0 Å². The third kappa shape index (κ3) is 4.67. The van der Waals surface area contributed by atoms with E-state index < -0.39 is 0 Å². The van der Waals surface area contributed by atoms with Gasteiger partial charge in [-0.15, -0.1) is 0 Å². The summed E-state index contributed by atoms with van der Waals surface area (Å²) in [7, 11) is 3.19. The molecule has 0 bridgehead atoms. The molecule has 1 saturated heterocycles. The molecule has 1 amide bonds. The van der Waals surface area contributed by atoms with Crippen molar-refractivity contribution in [3.05, 3.63) is 46.8 Å². The Kier molecular flexibility index (Phi) is 6.55. The minimum Gasteiger partial charge on any atom is -0.493 e. The number of aromatic nitrogens is 1. The second-order valence-electron chi connectivity index (χ2n) is 8.83. The Balaban J connectivity index is 1.30. The van der Waals surface area contributed by atoms with Gasteiger partial charge >= 0.3 is 0 Å². The summed E-state index contributed by atoms with van der Waals surface area (Å²) in [4.78, 5) is 29.8. The summed E-state index contributed by atoms with van der Waals surface area (Å²) in [5.74, 6) is 1.55. The number of piperazine rings is 1. The smallest absolute Gasteiger partial charge is 0.227 e. The largest absolute Gasteiger partial charge is 0.493 e. The lowest BCUT2D eigenvalue weighted by Gasteiger charge is -2.34. The number of hydrogen-bond donors (Lipinski definition) is 0. The number of hydrogen-bond acceptors (Lipinski definition) is 5. The molecule has 1 aliphatic heterocycles. The monoisotopic (exact) mass is 439 g/mol. The summed E-state index contributed by atoms with van der Waals surface area (Å²) in [5, 5.41) is 0. The third-order valence-corrected chi connectivity index (χ3v) is 6.59. The van der Waals surface area contributed by atoms with E-state index in [9.17, 15) is 9.59 Å². The average Bonchev–Trinajstić information content (AvgIpc) is 3.58. The lowest BCUT2D eigenvalue weighted by Crippen LogP contribution is -2.50. The molecule has 0 spiro atoms. The number of carbonyl (C=O) groups is 2. The van der Waals surface area contributed by atoms with Gasteiger partial charge in [-0.1, -0.05) is 6.07 Å². The van der Waals surface area contributed by atoms with Crippen LogP contribution in [0.1, 0.15) is 46.2 Å².